The molecule has 4 aromatic rings. The summed E-state index contributed by atoms with van der Waals surface area (Å²) < 4.78 is 52.2. The molecule has 0 aliphatic heterocycles. The molecule has 0 amide bonds. The highest BCUT2D eigenvalue weighted by Crippen LogP contribution is 2.35. The third kappa shape index (κ3) is 1.82. The lowest BCUT2D eigenvalue weighted by molar-refractivity contribution is 0.653. The molecule has 3 aromatic heterocycles. The number of furan rings is 1. The number of nitrogens with zero attached hydrogens (tertiary/aromatic N) is 2. The molecule has 3 nitrogen and oxygen atoms in total. The number of benzene rings is 1. The van der Waals surface area contributed by atoms with E-state index in [0.717, 1.165) is 6.07 Å². The first-order chi connectivity index (χ1) is 12.7. The molecule has 4 rings (SSSR count). The van der Waals surface area contributed by atoms with Gasteiger partial charge in [0.15, 0.2) is 0 Å². The first-order valence-electron chi connectivity index (χ1n) is 9.45. The van der Waals surface area contributed by atoms with E-state index < -0.39 is 13.7 Å². The van der Waals surface area contributed by atoms with Gasteiger partial charge >= 0.3 is 0 Å². The summed E-state index contributed by atoms with van der Waals surface area (Å²) >= 11 is 0. The van der Waals surface area contributed by atoms with Gasteiger partial charge in [-0.25, -0.2) is 4.98 Å². The zero-order valence-corrected chi connectivity index (χ0v) is 10.9. The molecule has 21 heavy (non-hydrogen) atoms. The quantitative estimate of drug-likeness (QED) is 0.509. The van der Waals surface area contributed by atoms with Crippen LogP contribution in [0.4, 0.5) is 0 Å². The fourth-order valence-electron chi connectivity index (χ4n) is 2.52. The van der Waals surface area contributed by atoms with E-state index in [2.05, 4.69) is 9.97 Å². The van der Waals surface area contributed by atoms with E-state index in [9.17, 15) is 0 Å². The predicted octanol–water partition coefficient (Wildman–Crippen LogP) is 4.66. The minimum absolute atomic E-state index is 0.00636. The summed E-state index contributed by atoms with van der Waals surface area (Å²) in [6.45, 7) is -5.06. The fraction of sp³-hybridized carbons (Fsp3) is 0.111. The molecular weight excluding hydrogens is 260 g/mol. The second-order valence-electron chi connectivity index (χ2n) is 4.73. The van der Waals surface area contributed by atoms with Gasteiger partial charge in [-0.05, 0) is 43.5 Å². The Hall–Kier alpha value is -2.68. The third-order valence-electron chi connectivity index (χ3n) is 3.41. The molecule has 0 atom stereocenters. The Labute approximate surface area is 130 Å². The number of hydrogen-bond donors (Lipinski definition) is 0. The van der Waals surface area contributed by atoms with E-state index >= 15 is 0 Å². The first-order valence-corrected chi connectivity index (χ1v) is 6.45. The third-order valence-corrected chi connectivity index (χ3v) is 3.41. The molecule has 1 aromatic carbocycles. The zero-order valence-electron chi connectivity index (χ0n) is 16.9. The van der Waals surface area contributed by atoms with Gasteiger partial charge in [-0.3, -0.25) is 4.98 Å². The SMILES string of the molecule is [2H]C([2H])([2H])c1cc(C([2H])([2H])[2H])c2c(n1)oc1c(-c3ccccn3)cccc12. The predicted molar refractivity (Wildman–Crippen MR) is 84.2 cm³/mol. The summed E-state index contributed by atoms with van der Waals surface area (Å²) in [5.41, 5.74) is 1.36. The van der Waals surface area contributed by atoms with Crippen LogP contribution in [0.25, 0.3) is 33.3 Å². The second kappa shape index (κ2) is 4.42. The Morgan fingerprint density at radius 2 is 2.10 bits per heavy atom. The van der Waals surface area contributed by atoms with Crippen LogP contribution in [0.2, 0.25) is 0 Å². The summed E-state index contributed by atoms with van der Waals surface area (Å²) in [5.74, 6) is 0. The van der Waals surface area contributed by atoms with Crippen molar-refractivity contribution in [2.45, 2.75) is 13.7 Å². The molecule has 0 saturated carbocycles. The van der Waals surface area contributed by atoms with E-state index in [1.54, 1.807) is 24.4 Å². The Kier molecular flexibility index (Phi) is 1.55. The zero-order chi connectivity index (χ0) is 19.4. The molecule has 0 unspecified atom stereocenters. The van der Waals surface area contributed by atoms with Gasteiger partial charge in [0, 0.05) is 31.1 Å². The van der Waals surface area contributed by atoms with Crippen LogP contribution in [0.5, 0.6) is 0 Å². The van der Waals surface area contributed by atoms with E-state index in [1.807, 2.05) is 18.2 Å². The smallest absolute Gasteiger partial charge is 0.227 e. The lowest BCUT2D eigenvalue weighted by Crippen LogP contribution is -1.83. The molecule has 0 spiro atoms. The number of fused-ring (bicyclic) bond motifs is 3. The van der Waals surface area contributed by atoms with Gasteiger partial charge in [0.25, 0.3) is 0 Å². The normalized spacial score (nSPS) is 16.8. The number of aromatic nitrogens is 2. The summed E-state index contributed by atoms with van der Waals surface area (Å²) in [4.78, 5) is 8.41. The lowest BCUT2D eigenvalue weighted by Gasteiger charge is -2.00. The van der Waals surface area contributed by atoms with E-state index in [-0.39, 0.29) is 17.0 Å². The van der Waals surface area contributed by atoms with Gasteiger partial charge in [0.05, 0.1) is 11.1 Å². The molecular formula is C18H14N2O. The number of para-hydroxylation sites is 1. The summed E-state index contributed by atoms with van der Waals surface area (Å²) in [6, 6.07) is 11.9. The van der Waals surface area contributed by atoms with Gasteiger partial charge < -0.3 is 4.42 Å². The lowest BCUT2D eigenvalue weighted by atomic mass is 10.0. The molecule has 0 aliphatic carbocycles. The highest BCUT2D eigenvalue weighted by atomic mass is 16.3. The fourth-order valence-corrected chi connectivity index (χ4v) is 2.52. The monoisotopic (exact) mass is 280 g/mol. The minimum atomic E-state index is -2.54. The van der Waals surface area contributed by atoms with E-state index in [1.165, 1.54) is 0 Å². The minimum Gasteiger partial charge on any atom is -0.437 e. The highest BCUT2D eigenvalue weighted by Gasteiger charge is 2.15. The van der Waals surface area contributed by atoms with Gasteiger partial charge in [0.2, 0.25) is 5.71 Å². The van der Waals surface area contributed by atoms with E-state index in [0.29, 0.717) is 27.6 Å². The number of rotatable bonds is 1. The van der Waals surface area contributed by atoms with Crippen LogP contribution in [-0.2, 0) is 0 Å². The van der Waals surface area contributed by atoms with Crippen LogP contribution in [0, 0.1) is 13.7 Å². The second-order valence-corrected chi connectivity index (χ2v) is 4.73. The molecule has 3 heteroatoms. The molecule has 0 N–H and O–H groups in total. The molecule has 0 bridgehead atoms. The maximum Gasteiger partial charge on any atom is 0.227 e. The standard InChI is InChI=1S/C18H14N2O/c1-11-10-12(2)20-18-16(11)14-7-5-6-13(17(14)21-18)15-8-3-4-9-19-15/h3-10H,1-2H3/i1D3,2D3. The summed E-state index contributed by atoms with van der Waals surface area (Å²) in [6.07, 6.45) is 1.65. The maximum atomic E-state index is 7.86. The van der Waals surface area contributed by atoms with Crippen LogP contribution >= 0.6 is 0 Å². The van der Waals surface area contributed by atoms with Gasteiger partial charge in [-0.2, -0.15) is 0 Å². The van der Waals surface area contributed by atoms with Crippen LogP contribution in [0.3, 0.4) is 0 Å². The van der Waals surface area contributed by atoms with Crippen molar-refractivity contribution in [1.82, 2.24) is 9.97 Å². The Morgan fingerprint density at radius 1 is 1.10 bits per heavy atom. The van der Waals surface area contributed by atoms with E-state index in [4.69, 9.17) is 12.6 Å². The van der Waals surface area contributed by atoms with Crippen molar-refractivity contribution in [2.24, 2.45) is 0 Å². The van der Waals surface area contributed by atoms with Gasteiger partial charge in [-0.15, -0.1) is 0 Å². The van der Waals surface area contributed by atoms with Crippen molar-refractivity contribution < 1.29 is 12.6 Å². The van der Waals surface area contributed by atoms with Crippen molar-refractivity contribution in [1.29, 1.82) is 0 Å². The van der Waals surface area contributed by atoms with Crippen molar-refractivity contribution in [3.05, 3.63) is 59.9 Å². The summed E-state index contributed by atoms with van der Waals surface area (Å²) in [7, 11) is 0. The molecule has 102 valence electrons. The number of hydrogen-bond acceptors (Lipinski definition) is 3. The van der Waals surface area contributed by atoms with Gasteiger partial charge in [-0.1, -0.05) is 18.2 Å². The number of pyridine rings is 2. The van der Waals surface area contributed by atoms with Crippen molar-refractivity contribution in [3.63, 3.8) is 0 Å². The van der Waals surface area contributed by atoms with Gasteiger partial charge in [0.1, 0.15) is 5.58 Å². The Bertz CT molecular complexity index is 1150. The molecule has 0 saturated heterocycles. The topological polar surface area (TPSA) is 38.9 Å². The van der Waals surface area contributed by atoms with Crippen LogP contribution < -0.4 is 0 Å². The van der Waals surface area contributed by atoms with Crippen molar-refractivity contribution >= 4 is 22.1 Å². The Morgan fingerprint density at radius 3 is 2.90 bits per heavy atom. The Balaban J connectivity index is 2.13. The molecule has 0 radical (unpaired) electrons. The highest BCUT2D eigenvalue weighted by molar-refractivity contribution is 6.09. The van der Waals surface area contributed by atoms with Crippen molar-refractivity contribution in [3.8, 4) is 11.3 Å². The van der Waals surface area contributed by atoms with Crippen LogP contribution in [0.15, 0.2) is 53.1 Å². The molecule has 0 fully saturated rings. The maximum absolute atomic E-state index is 7.86. The summed E-state index contributed by atoms with van der Waals surface area (Å²) in [5, 5.41) is 0.861. The number of aryl methyl sites for hydroxylation is 2. The molecule has 3 heterocycles. The largest absolute Gasteiger partial charge is 0.437 e. The average molecular weight is 280 g/mol. The first kappa shape index (κ1) is 7.36. The van der Waals surface area contributed by atoms with Crippen LogP contribution in [0.1, 0.15) is 19.5 Å². The average Bonchev–Trinajstić information content (AvgIpc) is 2.98. The van der Waals surface area contributed by atoms with Crippen molar-refractivity contribution in [2.75, 3.05) is 0 Å². The van der Waals surface area contributed by atoms with Crippen LogP contribution in [-0.4, -0.2) is 9.97 Å². The molecule has 0 aliphatic rings.